The largest absolute Gasteiger partial charge is 0.493 e. The van der Waals surface area contributed by atoms with E-state index in [2.05, 4.69) is 45.5 Å². The Morgan fingerprint density at radius 3 is 2.77 bits per heavy atom. The number of amides is 1. The molecule has 0 aliphatic heterocycles. The van der Waals surface area contributed by atoms with Gasteiger partial charge in [-0.15, -0.1) is 0 Å². The van der Waals surface area contributed by atoms with Crippen molar-refractivity contribution >= 4 is 45.3 Å². The van der Waals surface area contributed by atoms with E-state index < -0.39 is 6.09 Å². The number of benzene rings is 2. The van der Waals surface area contributed by atoms with Gasteiger partial charge in [0, 0.05) is 33.7 Å². The third-order valence-corrected chi connectivity index (χ3v) is 5.43. The predicted molar refractivity (Wildman–Crippen MR) is 127 cm³/mol. The van der Waals surface area contributed by atoms with Crippen LogP contribution in [0.3, 0.4) is 0 Å². The van der Waals surface area contributed by atoms with Crippen LogP contribution >= 0.6 is 22.6 Å². The van der Waals surface area contributed by atoms with E-state index in [1.807, 2.05) is 36.4 Å². The molecule has 1 aromatic heterocycles. The van der Waals surface area contributed by atoms with Gasteiger partial charge in [-0.2, -0.15) is 5.26 Å². The fraction of sp³-hybridized carbons (Fsp3) is 0.304. The standard InChI is InChI=1S/C23H24IN3O3/c1-3-27-21-14-18(30-12-6-11-24)9-10-19(21)20(15-25)22(27)16-7-5-8-17(13-16)26-23(28)29-4-2/h5,7-10,13-14H,3-4,6,11-12H2,1-2H3,(H,26,28). The lowest BCUT2D eigenvalue weighted by Crippen LogP contribution is -2.13. The quantitative estimate of drug-likeness (QED) is 0.227. The van der Waals surface area contributed by atoms with E-state index in [0.717, 1.165) is 38.8 Å². The molecule has 0 saturated heterocycles. The number of halogens is 1. The number of hydrogen-bond donors (Lipinski definition) is 1. The number of nitriles is 1. The minimum absolute atomic E-state index is 0.302. The zero-order valence-corrected chi connectivity index (χ0v) is 19.2. The summed E-state index contributed by atoms with van der Waals surface area (Å²) in [7, 11) is 0. The van der Waals surface area contributed by atoms with E-state index >= 15 is 0 Å². The van der Waals surface area contributed by atoms with Crippen molar-refractivity contribution in [2.45, 2.75) is 26.8 Å². The number of ether oxygens (including phenoxy) is 2. The molecule has 0 aliphatic carbocycles. The molecule has 1 N–H and O–H groups in total. The average Bonchev–Trinajstić information content (AvgIpc) is 3.07. The molecule has 3 rings (SSSR count). The van der Waals surface area contributed by atoms with Gasteiger partial charge in [0.2, 0.25) is 0 Å². The molecule has 7 heteroatoms. The van der Waals surface area contributed by atoms with Crippen molar-refractivity contribution in [3.05, 3.63) is 48.0 Å². The molecule has 156 valence electrons. The molecule has 6 nitrogen and oxygen atoms in total. The van der Waals surface area contributed by atoms with Gasteiger partial charge in [0.1, 0.15) is 11.8 Å². The van der Waals surface area contributed by atoms with E-state index in [1.54, 1.807) is 13.0 Å². The first-order chi connectivity index (χ1) is 14.6. The van der Waals surface area contributed by atoms with Crippen molar-refractivity contribution in [2.24, 2.45) is 0 Å². The van der Waals surface area contributed by atoms with Crippen molar-refractivity contribution in [3.8, 4) is 23.1 Å². The van der Waals surface area contributed by atoms with E-state index in [0.29, 0.717) is 31.0 Å². The third-order valence-electron chi connectivity index (χ3n) is 4.67. The topological polar surface area (TPSA) is 76.3 Å². The second-order valence-corrected chi connectivity index (χ2v) is 7.65. The van der Waals surface area contributed by atoms with Gasteiger partial charge in [0.15, 0.2) is 0 Å². The Bertz CT molecular complexity index is 1090. The third kappa shape index (κ3) is 4.70. The van der Waals surface area contributed by atoms with Crippen LogP contribution in [0.2, 0.25) is 0 Å². The normalized spacial score (nSPS) is 10.6. The Morgan fingerprint density at radius 2 is 2.07 bits per heavy atom. The van der Waals surface area contributed by atoms with Crippen LogP contribution in [-0.4, -0.2) is 28.3 Å². The number of aromatic nitrogens is 1. The first-order valence-electron chi connectivity index (χ1n) is 9.92. The lowest BCUT2D eigenvalue weighted by molar-refractivity contribution is 0.168. The molecule has 0 atom stereocenters. The molecule has 0 radical (unpaired) electrons. The highest BCUT2D eigenvalue weighted by Gasteiger charge is 2.19. The molecule has 0 fully saturated rings. The summed E-state index contributed by atoms with van der Waals surface area (Å²) in [5.41, 5.74) is 3.86. The summed E-state index contributed by atoms with van der Waals surface area (Å²) >= 11 is 2.33. The Balaban J connectivity index is 2.07. The van der Waals surface area contributed by atoms with Gasteiger partial charge in [-0.05, 0) is 44.5 Å². The highest BCUT2D eigenvalue weighted by molar-refractivity contribution is 14.1. The molecule has 3 aromatic rings. The SMILES string of the molecule is CCOC(=O)Nc1cccc(-c2c(C#N)c3ccc(OCCCI)cc3n2CC)c1. The van der Waals surface area contributed by atoms with Crippen LogP contribution < -0.4 is 10.1 Å². The minimum atomic E-state index is -0.500. The second kappa shape index (κ2) is 10.3. The van der Waals surface area contributed by atoms with Crippen molar-refractivity contribution in [2.75, 3.05) is 23.0 Å². The Morgan fingerprint density at radius 1 is 1.23 bits per heavy atom. The molecular formula is C23H24IN3O3. The lowest BCUT2D eigenvalue weighted by Gasteiger charge is -2.11. The molecule has 2 aromatic carbocycles. The van der Waals surface area contributed by atoms with Gasteiger partial charge in [0.05, 0.1) is 30.0 Å². The molecular weight excluding hydrogens is 493 g/mol. The van der Waals surface area contributed by atoms with Crippen LogP contribution in [0.25, 0.3) is 22.2 Å². The molecule has 30 heavy (non-hydrogen) atoms. The first-order valence-corrected chi connectivity index (χ1v) is 11.4. The van der Waals surface area contributed by atoms with Crippen molar-refractivity contribution in [3.63, 3.8) is 0 Å². The Hall–Kier alpha value is -2.73. The summed E-state index contributed by atoms with van der Waals surface area (Å²) in [6.07, 6.45) is 0.488. The molecule has 0 unspecified atom stereocenters. The van der Waals surface area contributed by atoms with Gasteiger partial charge in [-0.3, -0.25) is 5.32 Å². The minimum Gasteiger partial charge on any atom is -0.493 e. The van der Waals surface area contributed by atoms with Crippen LogP contribution in [0.1, 0.15) is 25.8 Å². The summed E-state index contributed by atoms with van der Waals surface area (Å²) in [5.74, 6) is 0.799. The zero-order valence-electron chi connectivity index (χ0n) is 17.1. The fourth-order valence-electron chi connectivity index (χ4n) is 3.43. The van der Waals surface area contributed by atoms with Crippen molar-refractivity contribution < 1.29 is 14.3 Å². The highest BCUT2D eigenvalue weighted by Crippen LogP contribution is 2.36. The number of rotatable bonds is 8. The number of nitrogens with one attached hydrogen (secondary N) is 1. The summed E-state index contributed by atoms with van der Waals surface area (Å²) < 4.78 is 14.0. The Labute approximate surface area is 189 Å². The summed E-state index contributed by atoms with van der Waals surface area (Å²) in [6, 6.07) is 15.7. The number of carbonyl (C=O) groups excluding carboxylic acids is 1. The fourth-order valence-corrected chi connectivity index (χ4v) is 3.75. The van der Waals surface area contributed by atoms with Gasteiger partial charge < -0.3 is 14.0 Å². The number of fused-ring (bicyclic) bond motifs is 1. The number of carbonyl (C=O) groups is 1. The van der Waals surface area contributed by atoms with Crippen molar-refractivity contribution in [1.29, 1.82) is 5.26 Å². The number of alkyl halides is 1. The maximum absolute atomic E-state index is 11.8. The zero-order chi connectivity index (χ0) is 21.5. The van der Waals surface area contributed by atoms with Gasteiger partial charge >= 0.3 is 6.09 Å². The van der Waals surface area contributed by atoms with E-state index in [4.69, 9.17) is 9.47 Å². The predicted octanol–water partition coefficient (Wildman–Crippen LogP) is 5.97. The van der Waals surface area contributed by atoms with E-state index in [1.165, 1.54) is 0 Å². The first kappa shape index (κ1) is 22.0. The highest BCUT2D eigenvalue weighted by atomic mass is 127. The van der Waals surface area contributed by atoms with Crippen LogP contribution in [0.15, 0.2) is 42.5 Å². The number of hydrogen-bond acceptors (Lipinski definition) is 4. The summed E-state index contributed by atoms with van der Waals surface area (Å²) in [4.78, 5) is 11.8. The molecule has 0 bridgehead atoms. The lowest BCUT2D eigenvalue weighted by atomic mass is 10.1. The summed E-state index contributed by atoms with van der Waals surface area (Å²) in [5, 5.41) is 13.5. The number of aryl methyl sites for hydroxylation is 1. The monoisotopic (exact) mass is 517 g/mol. The van der Waals surface area contributed by atoms with Crippen LogP contribution in [-0.2, 0) is 11.3 Å². The maximum Gasteiger partial charge on any atom is 0.411 e. The second-order valence-electron chi connectivity index (χ2n) is 6.58. The average molecular weight is 517 g/mol. The number of anilines is 1. The number of nitrogens with zero attached hydrogens (tertiary/aromatic N) is 2. The van der Waals surface area contributed by atoms with Crippen molar-refractivity contribution in [1.82, 2.24) is 4.57 Å². The molecule has 1 amide bonds. The molecule has 0 spiro atoms. The van der Waals surface area contributed by atoms with Crippen LogP contribution in [0, 0.1) is 11.3 Å². The maximum atomic E-state index is 11.8. The van der Waals surface area contributed by atoms with E-state index in [-0.39, 0.29) is 0 Å². The van der Waals surface area contributed by atoms with E-state index in [9.17, 15) is 10.1 Å². The molecule has 0 aliphatic rings. The Kier molecular flexibility index (Phi) is 7.57. The van der Waals surface area contributed by atoms with Gasteiger partial charge in [0.25, 0.3) is 0 Å². The molecule has 0 saturated carbocycles. The van der Waals surface area contributed by atoms with Crippen LogP contribution in [0.5, 0.6) is 5.75 Å². The smallest absolute Gasteiger partial charge is 0.411 e. The van der Waals surface area contributed by atoms with Gasteiger partial charge in [-0.1, -0.05) is 34.7 Å². The summed E-state index contributed by atoms with van der Waals surface area (Å²) in [6.45, 7) is 5.47. The van der Waals surface area contributed by atoms with Crippen LogP contribution in [0.4, 0.5) is 10.5 Å². The molecule has 1 heterocycles. The van der Waals surface area contributed by atoms with Gasteiger partial charge in [-0.25, -0.2) is 4.79 Å².